The highest BCUT2D eigenvalue weighted by Gasteiger charge is 2.18. The van der Waals surface area contributed by atoms with Gasteiger partial charge in [-0.2, -0.15) is 5.10 Å². The lowest BCUT2D eigenvalue weighted by molar-refractivity contribution is 0.369. The monoisotopic (exact) mass is 320 g/mol. The fourth-order valence-corrected chi connectivity index (χ4v) is 2.33. The van der Waals surface area contributed by atoms with Gasteiger partial charge in [0.15, 0.2) is 11.5 Å². The van der Waals surface area contributed by atoms with Gasteiger partial charge in [-0.3, -0.25) is 5.10 Å². The fourth-order valence-electron chi connectivity index (χ4n) is 2.14. The van der Waals surface area contributed by atoms with Gasteiger partial charge in [0.05, 0.1) is 16.9 Å². The molecule has 22 heavy (non-hydrogen) atoms. The van der Waals surface area contributed by atoms with E-state index < -0.39 is 23.1 Å². The third kappa shape index (κ3) is 2.23. The molecule has 1 heterocycles. The molecule has 0 amide bonds. The summed E-state index contributed by atoms with van der Waals surface area (Å²) in [7, 11) is 0. The van der Waals surface area contributed by atoms with Crippen LogP contribution < -0.4 is 0 Å². The number of benzene rings is 2. The van der Waals surface area contributed by atoms with E-state index in [4.69, 9.17) is 11.6 Å². The molecule has 4 N–H and O–H groups in total. The van der Waals surface area contributed by atoms with Crippen molar-refractivity contribution in [1.82, 2.24) is 10.2 Å². The van der Waals surface area contributed by atoms with Crippen molar-refractivity contribution in [2.45, 2.75) is 0 Å². The van der Waals surface area contributed by atoms with Crippen LogP contribution >= 0.6 is 11.6 Å². The minimum absolute atomic E-state index is 0.0394. The highest BCUT2D eigenvalue weighted by Crippen LogP contribution is 2.44. The van der Waals surface area contributed by atoms with E-state index in [-0.39, 0.29) is 10.6 Å². The van der Waals surface area contributed by atoms with Gasteiger partial charge >= 0.3 is 0 Å². The van der Waals surface area contributed by atoms with Crippen LogP contribution in [0.3, 0.4) is 0 Å². The first kappa shape index (κ1) is 14.2. The van der Waals surface area contributed by atoms with Crippen molar-refractivity contribution in [1.29, 1.82) is 0 Å². The summed E-state index contributed by atoms with van der Waals surface area (Å²) < 4.78 is 13.3. The van der Waals surface area contributed by atoms with E-state index in [0.717, 1.165) is 0 Å². The average molecular weight is 321 g/mol. The van der Waals surface area contributed by atoms with Crippen LogP contribution in [0.25, 0.3) is 22.4 Å². The lowest BCUT2D eigenvalue weighted by Crippen LogP contribution is -1.86. The molecule has 2 aromatic carbocycles. The summed E-state index contributed by atoms with van der Waals surface area (Å²) in [6, 6.07) is 6.84. The molecule has 3 aromatic rings. The summed E-state index contributed by atoms with van der Waals surface area (Å²) in [5.41, 5.74) is 1.78. The number of rotatable bonds is 2. The van der Waals surface area contributed by atoms with Crippen molar-refractivity contribution in [2.24, 2.45) is 0 Å². The van der Waals surface area contributed by atoms with Gasteiger partial charge in [0.25, 0.3) is 0 Å². The second-order valence-corrected chi connectivity index (χ2v) is 5.02. The third-order valence-electron chi connectivity index (χ3n) is 3.27. The number of hydrogen-bond donors (Lipinski definition) is 4. The highest BCUT2D eigenvalue weighted by molar-refractivity contribution is 6.31. The molecule has 0 unspecified atom stereocenters. The summed E-state index contributed by atoms with van der Waals surface area (Å²) in [6.45, 7) is 0. The molecule has 7 heteroatoms. The molecule has 3 rings (SSSR count). The van der Waals surface area contributed by atoms with Gasteiger partial charge in [-0.25, -0.2) is 4.39 Å². The Hall–Kier alpha value is -2.73. The summed E-state index contributed by atoms with van der Waals surface area (Å²) >= 11 is 5.78. The quantitative estimate of drug-likeness (QED) is 0.543. The van der Waals surface area contributed by atoms with E-state index in [2.05, 4.69) is 10.2 Å². The average Bonchev–Trinajstić information content (AvgIpc) is 2.97. The second kappa shape index (κ2) is 5.23. The van der Waals surface area contributed by atoms with Crippen molar-refractivity contribution in [3.63, 3.8) is 0 Å². The molecule has 0 bridgehead atoms. The SMILES string of the molecule is Oc1ccc(-c2[nH]ncc2-c2ccc(F)c(Cl)c2)c(O)c1O. The number of hydrogen-bond acceptors (Lipinski definition) is 4. The molecule has 0 fully saturated rings. The predicted molar refractivity (Wildman–Crippen MR) is 79.4 cm³/mol. The lowest BCUT2D eigenvalue weighted by Gasteiger charge is -2.08. The van der Waals surface area contributed by atoms with Crippen molar-refractivity contribution in [2.75, 3.05) is 0 Å². The molecule has 112 valence electrons. The van der Waals surface area contributed by atoms with Gasteiger partial charge in [0.1, 0.15) is 5.82 Å². The molecule has 1 aromatic heterocycles. The first-order chi connectivity index (χ1) is 10.5. The molecule has 5 nitrogen and oxygen atoms in total. The zero-order valence-corrected chi connectivity index (χ0v) is 11.8. The molecular formula is C15H10ClFN2O3. The number of H-pyrrole nitrogens is 1. The van der Waals surface area contributed by atoms with Crippen LogP contribution in [0.1, 0.15) is 0 Å². The first-order valence-corrected chi connectivity index (χ1v) is 6.60. The minimum atomic E-state index is -0.629. The summed E-state index contributed by atoms with van der Waals surface area (Å²) in [5.74, 6) is -2.10. The standard InChI is InChI=1S/C15H10ClFN2O3/c16-10-5-7(1-3-11(10)17)9-6-18-19-13(9)8-2-4-12(20)15(22)14(8)21/h1-6,20-22H,(H,18,19). The van der Waals surface area contributed by atoms with E-state index >= 15 is 0 Å². The maximum atomic E-state index is 13.3. The lowest BCUT2D eigenvalue weighted by atomic mass is 10.0. The molecule has 0 aliphatic rings. The number of aromatic amines is 1. The second-order valence-electron chi connectivity index (χ2n) is 4.62. The largest absolute Gasteiger partial charge is 0.504 e. The molecule has 0 spiro atoms. The number of nitrogens with one attached hydrogen (secondary N) is 1. The van der Waals surface area contributed by atoms with E-state index in [9.17, 15) is 19.7 Å². The minimum Gasteiger partial charge on any atom is -0.504 e. The van der Waals surface area contributed by atoms with Gasteiger partial charge in [0.2, 0.25) is 5.75 Å². The zero-order chi connectivity index (χ0) is 15.9. The number of aromatic nitrogens is 2. The van der Waals surface area contributed by atoms with Crippen molar-refractivity contribution >= 4 is 11.6 Å². The molecule has 0 saturated heterocycles. The highest BCUT2D eigenvalue weighted by atomic mass is 35.5. The van der Waals surface area contributed by atoms with Crippen LogP contribution in [-0.2, 0) is 0 Å². The van der Waals surface area contributed by atoms with Crippen LogP contribution in [0.5, 0.6) is 17.2 Å². The fraction of sp³-hybridized carbons (Fsp3) is 0. The van der Waals surface area contributed by atoms with E-state index in [1.165, 1.54) is 36.5 Å². The maximum absolute atomic E-state index is 13.3. The molecule has 0 radical (unpaired) electrons. The number of phenolic OH excluding ortho intramolecular Hbond substituents is 3. The summed E-state index contributed by atoms with van der Waals surface area (Å²) in [6.07, 6.45) is 1.49. The Morgan fingerprint density at radius 2 is 1.77 bits per heavy atom. The van der Waals surface area contributed by atoms with Crippen molar-refractivity contribution in [3.8, 4) is 39.6 Å². The molecule has 0 atom stereocenters. The molecule has 0 saturated carbocycles. The Labute approximate surface area is 129 Å². The van der Waals surface area contributed by atoms with Gasteiger partial charge in [0, 0.05) is 11.1 Å². The van der Waals surface area contributed by atoms with Gasteiger partial charge in [-0.15, -0.1) is 0 Å². The summed E-state index contributed by atoms with van der Waals surface area (Å²) in [5, 5.41) is 35.5. The Kier molecular flexibility index (Phi) is 3.38. The van der Waals surface area contributed by atoms with Gasteiger partial charge < -0.3 is 15.3 Å². The Morgan fingerprint density at radius 3 is 2.50 bits per heavy atom. The Bertz CT molecular complexity index is 864. The normalized spacial score (nSPS) is 10.8. The van der Waals surface area contributed by atoms with Crippen molar-refractivity contribution < 1.29 is 19.7 Å². The van der Waals surface area contributed by atoms with Crippen molar-refractivity contribution in [3.05, 3.63) is 47.4 Å². The maximum Gasteiger partial charge on any atom is 0.200 e. The number of phenols is 3. The van der Waals surface area contributed by atoms with Gasteiger partial charge in [-0.1, -0.05) is 17.7 Å². The number of halogens is 2. The van der Waals surface area contributed by atoms with Crippen LogP contribution in [0, 0.1) is 5.82 Å². The third-order valence-corrected chi connectivity index (χ3v) is 3.56. The number of aromatic hydroxyl groups is 3. The zero-order valence-electron chi connectivity index (χ0n) is 11.0. The van der Waals surface area contributed by atoms with E-state index in [1.54, 1.807) is 0 Å². The predicted octanol–water partition coefficient (Wildman–Crippen LogP) is 3.65. The number of nitrogens with zero attached hydrogens (tertiary/aromatic N) is 1. The summed E-state index contributed by atoms with van der Waals surface area (Å²) in [4.78, 5) is 0. The van der Waals surface area contributed by atoms with E-state index in [0.29, 0.717) is 16.8 Å². The topological polar surface area (TPSA) is 89.4 Å². The molecular weight excluding hydrogens is 311 g/mol. The first-order valence-electron chi connectivity index (χ1n) is 6.22. The van der Waals surface area contributed by atoms with Crippen LogP contribution in [0.15, 0.2) is 36.5 Å². The Morgan fingerprint density at radius 1 is 1.00 bits per heavy atom. The van der Waals surface area contributed by atoms with E-state index in [1.807, 2.05) is 0 Å². The molecule has 0 aliphatic heterocycles. The smallest absolute Gasteiger partial charge is 0.200 e. The Balaban J connectivity index is 2.17. The van der Waals surface area contributed by atoms with Crippen LogP contribution in [0.4, 0.5) is 4.39 Å². The van der Waals surface area contributed by atoms with Crippen LogP contribution in [-0.4, -0.2) is 25.5 Å². The molecule has 0 aliphatic carbocycles. The van der Waals surface area contributed by atoms with Gasteiger partial charge in [-0.05, 0) is 29.8 Å². The van der Waals surface area contributed by atoms with Crippen LogP contribution in [0.2, 0.25) is 5.02 Å².